The highest BCUT2D eigenvalue weighted by Crippen LogP contribution is 2.31. The van der Waals surface area contributed by atoms with Crippen LogP contribution in [-0.4, -0.2) is 5.11 Å². The highest BCUT2D eigenvalue weighted by atomic mass is 35.5. The predicted octanol–water partition coefficient (Wildman–Crippen LogP) is 4.01. The molecular weight excluding hydrogens is 258 g/mol. The molecule has 0 bridgehead atoms. The molecule has 0 aliphatic heterocycles. The number of aliphatic hydroxyl groups is 1. The zero-order chi connectivity index (χ0) is 13.3. The smallest absolute Gasteiger partial charge is 0.130 e. The van der Waals surface area contributed by atoms with Crippen LogP contribution in [0.2, 0.25) is 5.02 Å². The SMILES string of the molecule is Cc1cc(C(O)c2c(F)cccc2Cl)ccc1F. The topological polar surface area (TPSA) is 20.2 Å². The van der Waals surface area contributed by atoms with Crippen LogP contribution in [0.1, 0.15) is 22.8 Å². The van der Waals surface area contributed by atoms with Crippen LogP contribution < -0.4 is 0 Å². The average Bonchev–Trinajstić information content (AvgIpc) is 2.32. The molecule has 0 spiro atoms. The van der Waals surface area contributed by atoms with Gasteiger partial charge in [0.2, 0.25) is 0 Å². The molecule has 2 aromatic rings. The van der Waals surface area contributed by atoms with Gasteiger partial charge in [-0.15, -0.1) is 0 Å². The van der Waals surface area contributed by atoms with E-state index in [9.17, 15) is 13.9 Å². The molecule has 0 amide bonds. The van der Waals surface area contributed by atoms with E-state index in [0.717, 1.165) is 0 Å². The third-order valence-electron chi connectivity index (χ3n) is 2.77. The predicted molar refractivity (Wildman–Crippen MR) is 66.6 cm³/mol. The first-order valence-corrected chi connectivity index (χ1v) is 5.76. The molecule has 0 saturated heterocycles. The van der Waals surface area contributed by atoms with Crippen LogP contribution in [0.3, 0.4) is 0 Å². The van der Waals surface area contributed by atoms with Gasteiger partial charge in [-0.2, -0.15) is 0 Å². The Hall–Kier alpha value is -1.45. The van der Waals surface area contributed by atoms with Crippen molar-refractivity contribution in [3.63, 3.8) is 0 Å². The lowest BCUT2D eigenvalue weighted by molar-refractivity contribution is 0.215. The monoisotopic (exact) mass is 268 g/mol. The van der Waals surface area contributed by atoms with Crippen molar-refractivity contribution in [2.45, 2.75) is 13.0 Å². The fraction of sp³-hybridized carbons (Fsp3) is 0.143. The quantitative estimate of drug-likeness (QED) is 0.873. The average molecular weight is 269 g/mol. The normalized spacial score (nSPS) is 12.5. The number of rotatable bonds is 2. The Labute approximate surface area is 109 Å². The maximum atomic E-state index is 13.6. The van der Waals surface area contributed by atoms with E-state index >= 15 is 0 Å². The van der Waals surface area contributed by atoms with Gasteiger partial charge in [-0.05, 0) is 36.2 Å². The van der Waals surface area contributed by atoms with Crippen molar-refractivity contribution in [1.82, 2.24) is 0 Å². The van der Waals surface area contributed by atoms with Crippen LogP contribution in [0.15, 0.2) is 36.4 Å². The molecule has 0 radical (unpaired) electrons. The van der Waals surface area contributed by atoms with Crippen LogP contribution in [-0.2, 0) is 0 Å². The molecule has 1 unspecified atom stereocenters. The Morgan fingerprint density at radius 2 is 1.83 bits per heavy atom. The number of aryl methyl sites for hydroxylation is 1. The fourth-order valence-corrected chi connectivity index (χ4v) is 2.04. The summed E-state index contributed by atoms with van der Waals surface area (Å²) in [6.45, 7) is 1.58. The zero-order valence-electron chi connectivity index (χ0n) is 9.62. The molecule has 2 rings (SSSR count). The molecule has 4 heteroatoms. The fourth-order valence-electron chi connectivity index (χ4n) is 1.78. The minimum atomic E-state index is -1.21. The molecule has 2 aromatic carbocycles. The summed E-state index contributed by atoms with van der Waals surface area (Å²) in [5, 5.41) is 10.3. The van der Waals surface area contributed by atoms with Gasteiger partial charge < -0.3 is 5.11 Å². The lowest BCUT2D eigenvalue weighted by atomic mass is 9.99. The minimum absolute atomic E-state index is 0.00479. The maximum absolute atomic E-state index is 13.6. The van der Waals surface area contributed by atoms with Gasteiger partial charge in [0, 0.05) is 10.6 Å². The zero-order valence-corrected chi connectivity index (χ0v) is 10.4. The molecule has 0 saturated carbocycles. The molecule has 0 heterocycles. The van der Waals surface area contributed by atoms with Crippen LogP contribution >= 0.6 is 11.6 Å². The lowest BCUT2D eigenvalue weighted by Crippen LogP contribution is -2.04. The van der Waals surface area contributed by atoms with Gasteiger partial charge in [0.1, 0.15) is 17.7 Å². The van der Waals surface area contributed by atoms with E-state index in [1.54, 1.807) is 6.92 Å². The van der Waals surface area contributed by atoms with E-state index < -0.39 is 11.9 Å². The van der Waals surface area contributed by atoms with Crippen LogP contribution in [0.25, 0.3) is 0 Å². The summed E-state index contributed by atoms with van der Waals surface area (Å²) in [5.41, 5.74) is 0.796. The second kappa shape index (κ2) is 5.04. The first-order chi connectivity index (χ1) is 8.50. The van der Waals surface area contributed by atoms with E-state index in [0.29, 0.717) is 11.1 Å². The summed E-state index contributed by atoms with van der Waals surface area (Å²) in [5.74, 6) is -0.956. The van der Waals surface area contributed by atoms with Gasteiger partial charge in [0.25, 0.3) is 0 Å². The van der Waals surface area contributed by atoms with Crippen molar-refractivity contribution >= 4 is 11.6 Å². The van der Waals surface area contributed by atoms with Crippen molar-refractivity contribution < 1.29 is 13.9 Å². The molecule has 0 aliphatic rings. The minimum Gasteiger partial charge on any atom is -0.383 e. The Balaban J connectivity index is 2.48. The molecule has 0 fully saturated rings. The summed E-state index contributed by atoms with van der Waals surface area (Å²) < 4.78 is 26.8. The highest BCUT2D eigenvalue weighted by Gasteiger charge is 2.18. The van der Waals surface area contributed by atoms with Gasteiger partial charge in [0.05, 0.1) is 0 Å². The number of aliphatic hydroxyl groups excluding tert-OH is 1. The van der Waals surface area contributed by atoms with Gasteiger partial charge in [-0.25, -0.2) is 8.78 Å². The largest absolute Gasteiger partial charge is 0.383 e. The van der Waals surface area contributed by atoms with Crippen LogP contribution in [0, 0.1) is 18.6 Å². The first-order valence-electron chi connectivity index (χ1n) is 5.38. The van der Waals surface area contributed by atoms with Gasteiger partial charge >= 0.3 is 0 Å². The number of halogens is 3. The Kier molecular flexibility index (Phi) is 3.64. The second-order valence-corrected chi connectivity index (χ2v) is 4.45. The van der Waals surface area contributed by atoms with E-state index in [4.69, 9.17) is 11.6 Å². The molecule has 1 atom stereocenters. The summed E-state index contributed by atoms with van der Waals surface area (Å²) in [7, 11) is 0. The van der Waals surface area contributed by atoms with E-state index in [1.807, 2.05) is 0 Å². The number of hydrogen-bond donors (Lipinski definition) is 1. The van der Waals surface area contributed by atoms with E-state index in [-0.39, 0.29) is 16.4 Å². The number of hydrogen-bond acceptors (Lipinski definition) is 1. The third kappa shape index (κ3) is 2.37. The third-order valence-corrected chi connectivity index (χ3v) is 3.10. The maximum Gasteiger partial charge on any atom is 0.130 e. The molecule has 18 heavy (non-hydrogen) atoms. The van der Waals surface area contributed by atoms with Crippen molar-refractivity contribution in [2.24, 2.45) is 0 Å². The number of benzene rings is 2. The van der Waals surface area contributed by atoms with Gasteiger partial charge in [-0.3, -0.25) is 0 Å². The van der Waals surface area contributed by atoms with E-state index in [1.165, 1.54) is 36.4 Å². The molecule has 1 N–H and O–H groups in total. The first kappa shape index (κ1) is 13.0. The molecule has 0 aromatic heterocycles. The Bertz CT molecular complexity index is 564. The summed E-state index contributed by atoms with van der Waals surface area (Å²) in [6.07, 6.45) is -1.21. The van der Waals surface area contributed by atoms with Crippen LogP contribution in [0.4, 0.5) is 8.78 Å². The van der Waals surface area contributed by atoms with Crippen LogP contribution in [0.5, 0.6) is 0 Å². The van der Waals surface area contributed by atoms with Crippen molar-refractivity contribution in [1.29, 1.82) is 0 Å². The van der Waals surface area contributed by atoms with Crippen molar-refractivity contribution in [3.8, 4) is 0 Å². The van der Waals surface area contributed by atoms with E-state index in [2.05, 4.69) is 0 Å². The van der Waals surface area contributed by atoms with Crippen molar-refractivity contribution in [2.75, 3.05) is 0 Å². The molecule has 94 valence electrons. The molecular formula is C14H11ClF2O. The summed E-state index contributed by atoms with van der Waals surface area (Å²) in [6, 6.07) is 8.31. The van der Waals surface area contributed by atoms with Crippen molar-refractivity contribution in [3.05, 3.63) is 69.7 Å². The lowest BCUT2D eigenvalue weighted by Gasteiger charge is -2.14. The standard InChI is InChI=1S/C14H11ClF2O/c1-8-7-9(5-6-11(8)16)14(18)13-10(15)3-2-4-12(13)17/h2-7,14,18H,1H3. The second-order valence-electron chi connectivity index (χ2n) is 4.05. The molecule has 1 nitrogen and oxygen atoms in total. The Morgan fingerprint density at radius 1 is 1.11 bits per heavy atom. The highest BCUT2D eigenvalue weighted by molar-refractivity contribution is 6.31. The van der Waals surface area contributed by atoms with Gasteiger partial charge in [0.15, 0.2) is 0 Å². The summed E-state index contributed by atoms with van der Waals surface area (Å²) >= 11 is 5.87. The summed E-state index contributed by atoms with van der Waals surface area (Å²) in [4.78, 5) is 0. The van der Waals surface area contributed by atoms with Gasteiger partial charge in [-0.1, -0.05) is 29.8 Å². The Morgan fingerprint density at radius 3 is 2.44 bits per heavy atom. The molecule has 0 aliphatic carbocycles.